The molecule has 2 atom stereocenters. The molecule has 3 heteroatoms. The van der Waals surface area contributed by atoms with E-state index < -0.39 is 0 Å². The van der Waals surface area contributed by atoms with Gasteiger partial charge in [-0.3, -0.25) is 0 Å². The van der Waals surface area contributed by atoms with Gasteiger partial charge in [-0.25, -0.2) is 0 Å². The van der Waals surface area contributed by atoms with Gasteiger partial charge in [0.1, 0.15) is 0 Å². The van der Waals surface area contributed by atoms with Crippen LogP contribution in [0.25, 0.3) is 0 Å². The average Bonchev–Trinajstić information content (AvgIpc) is 2.87. The summed E-state index contributed by atoms with van der Waals surface area (Å²) in [6.07, 6.45) is 2.88. The van der Waals surface area contributed by atoms with Crippen LogP contribution in [0.2, 0.25) is 0 Å². The first-order chi connectivity index (χ1) is 6.86. The van der Waals surface area contributed by atoms with E-state index in [4.69, 9.17) is 4.74 Å². The summed E-state index contributed by atoms with van der Waals surface area (Å²) in [5.41, 5.74) is 0. The number of hydrogen-bond acceptors (Lipinski definition) is 3. The smallest absolute Gasteiger partial charge is 0.0700 e. The van der Waals surface area contributed by atoms with Gasteiger partial charge in [0.15, 0.2) is 0 Å². The van der Waals surface area contributed by atoms with Gasteiger partial charge in [-0.1, -0.05) is 6.07 Å². The lowest BCUT2D eigenvalue weighted by Crippen LogP contribution is -2.28. The van der Waals surface area contributed by atoms with Gasteiger partial charge < -0.3 is 10.1 Å². The monoisotopic (exact) mass is 211 g/mol. The molecular weight excluding hydrogens is 194 g/mol. The molecule has 0 bridgehead atoms. The highest BCUT2D eigenvalue weighted by Gasteiger charge is 2.16. The summed E-state index contributed by atoms with van der Waals surface area (Å²) in [5.74, 6) is 0. The predicted octanol–water partition coefficient (Wildman–Crippen LogP) is 2.58. The van der Waals surface area contributed by atoms with Crippen molar-refractivity contribution in [3.63, 3.8) is 0 Å². The van der Waals surface area contributed by atoms with Crippen molar-refractivity contribution in [2.45, 2.75) is 31.9 Å². The molecule has 1 N–H and O–H groups in total. The van der Waals surface area contributed by atoms with Crippen molar-refractivity contribution in [2.75, 3.05) is 13.2 Å². The fraction of sp³-hybridized carbons (Fsp3) is 0.636. The van der Waals surface area contributed by atoms with Gasteiger partial charge in [-0.05, 0) is 31.2 Å². The third-order valence-electron chi connectivity index (χ3n) is 2.65. The van der Waals surface area contributed by atoms with Crippen molar-refractivity contribution in [1.29, 1.82) is 0 Å². The predicted molar refractivity (Wildman–Crippen MR) is 59.7 cm³/mol. The minimum absolute atomic E-state index is 0.442. The Morgan fingerprint density at radius 3 is 3.29 bits per heavy atom. The Morgan fingerprint density at radius 2 is 2.64 bits per heavy atom. The molecule has 1 fully saturated rings. The first-order valence-corrected chi connectivity index (χ1v) is 6.12. The highest BCUT2D eigenvalue weighted by atomic mass is 32.1. The van der Waals surface area contributed by atoms with E-state index in [9.17, 15) is 0 Å². The molecule has 14 heavy (non-hydrogen) atoms. The van der Waals surface area contributed by atoms with Crippen molar-refractivity contribution in [1.82, 2.24) is 5.32 Å². The Balaban J connectivity index is 1.74. The normalized spacial score (nSPS) is 23.9. The van der Waals surface area contributed by atoms with Gasteiger partial charge in [0.25, 0.3) is 0 Å². The zero-order chi connectivity index (χ0) is 9.80. The van der Waals surface area contributed by atoms with Crippen LogP contribution >= 0.6 is 11.3 Å². The van der Waals surface area contributed by atoms with Crippen LogP contribution in [0.3, 0.4) is 0 Å². The third-order valence-corrected chi connectivity index (χ3v) is 3.70. The van der Waals surface area contributed by atoms with Crippen LogP contribution in [0, 0.1) is 0 Å². The van der Waals surface area contributed by atoms with E-state index in [2.05, 4.69) is 29.8 Å². The van der Waals surface area contributed by atoms with Crippen molar-refractivity contribution in [2.24, 2.45) is 0 Å². The van der Waals surface area contributed by atoms with Crippen LogP contribution in [-0.2, 0) is 4.74 Å². The second-order valence-corrected chi connectivity index (χ2v) is 4.76. The Hall–Kier alpha value is -0.380. The number of ether oxygens (including phenoxy) is 1. The van der Waals surface area contributed by atoms with Crippen LogP contribution < -0.4 is 5.32 Å². The van der Waals surface area contributed by atoms with E-state index in [1.54, 1.807) is 0 Å². The van der Waals surface area contributed by atoms with Gasteiger partial charge in [-0.15, -0.1) is 11.3 Å². The van der Waals surface area contributed by atoms with E-state index in [-0.39, 0.29) is 0 Å². The molecular formula is C11H17NOS. The molecule has 1 aromatic rings. The summed E-state index contributed by atoms with van der Waals surface area (Å²) in [6.45, 7) is 4.14. The van der Waals surface area contributed by atoms with E-state index in [1.807, 2.05) is 11.3 Å². The van der Waals surface area contributed by atoms with Gasteiger partial charge in [0, 0.05) is 24.1 Å². The van der Waals surface area contributed by atoms with Crippen LogP contribution in [0.1, 0.15) is 30.7 Å². The number of rotatable bonds is 4. The number of hydrogen-bond donors (Lipinski definition) is 1. The molecule has 0 unspecified atom stereocenters. The molecule has 0 radical (unpaired) electrons. The fourth-order valence-corrected chi connectivity index (χ4v) is 2.51. The first-order valence-electron chi connectivity index (χ1n) is 5.24. The molecule has 2 heterocycles. The van der Waals surface area contributed by atoms with E-state index in [1.165, 1.54) is 17.7 Å². The van der Waals surface area contributed by atoms with Crippen LogP contribution in [-0.4, -0.2) is 19.3 Å². The second kappa shape index (κ2) is 4.91. The largest absolute Gasteiger partial charge is 0.377 e. The lowest BCUT2D eigenvalue weighted by molar-refractivity contribution is 0.108. The molecule has 0 spiro atoms. The summed E-state index contributed by atoms with van der Waals surface area (Å²) in [5, 5.41) is 5.64. The van der Waals surface area contributed by atoms with Gasteiger partial charge in [0.05, 0.1) is 6.10 Å². The molecule has 1 aliphatic rings. The first kappa shape index (κ1) is 10.1. The van der Waals surface area contributed by atoms with Crippen LogP contribution in [0.4, 0.5) is 0 Å². The molecule has 0 aliphatic carbocycles. The molecule has 0 saturated carbocycles. The maximum absolute atomic E-state index is 5.56. The third kappa shape index (κ3) is 2.56. The van der Waals surface area contributed by atoms with E-state index >= 15 is 0 Å². The molecule has 1 saturated heterocycles. The maximum atomic E-state index is 5.56. The lowest BCUT2D eigenvalue weighted by atomic mass is 10.2. The van der Waals surface area contributed by atoms with Crippen molar-refractivity contribution in [3.05, 3.63) is 22.4 Å². The quantitative estimate of drug-likeness (QED) is 0.826. The fourth-order valence-electron chi connectivity index (χ4n) is 1.75. The zero-order valence-electron chi connectivity index (χ0n) is 8.53. The van der Waals surface area contributed by atoms with Crippen molar-refractivity contribution in [3.8, 4) is 0 Å². The molecule has 1 aromatic heterocycles. The molecule has 0 aromatic carbocycles. The summed E-state index contributed by atoms with van der Waals surface area (Å²) in [6, 6.07) is 4.74. The Kier molecular flexibility index (Phi) is 3.56. The Bertz CT molecular complexity index is 254. The molecule has 0 amide bonds. The summed E-state index contributed by atoms with van der Waals surface area (Å²) < 4.78 is 5.56. The number of nitrogens with one attached hydrogen (secondary N) is 1. The lowest BCUT2D eigenvalue weighted by Gasteiger charge is -2.15. The topological polar surface area (TPSA) is 21.3 Å². The maximum Gasteiger partial charge on any atom is 0.0700 e. The summed E-state index contributed by atoms with van der Waals surface area (Å²) in [4.78, 5) is 1.41. The van der Waals surface area contributed by atoms with Crippen molar-refractivity contribution >= 4 is 11.3 Å². The SMILES string of the molecule is C[C@@H](NC[C@H]1CCCO1)c1cccs1. The number of thiophene rings is 1. The average molecular weight is 211 g/mol. The molecule has 1 aliphatic heterocycles. The molecule has 2 nitrogen and oxygen atoms in total. The summed E-state index contributed by atoms with van der Waals surface area (Å²) >= 11 is 1.81. The molecule has 2 rings (SSSR count). The highest BCUT2D eigenvalue weighted by Crippen LogP contribution is 2.19. The van der Waals surface area contributed by atoms with Gasteiger partial charge >= 0.3 is 0 Å². The minimum Gasteiger partial charge on any atom is -0.377 e. The van der Waals surface area contributed by atoms with Gasteiger partial charge in [0.2, 0.25) is 0 Å². The zero-order valence-corrected chi connectivity index (χ0v) is 9.35. The van der Waals surface area contributed by atoms with Gasteiger partial charge in [-0.2, -0.15) is 0 Å². The molecule has 78 valence electrons. The minimum atomic E-state index is 0.442. The Morgan fingerprint density at radius 1 is 1.71 bits per heavy atom. The second-order valence-electron chi connectivity index (χ2n) is 3.78. The Labute approximate surface area is 89.3 Å². The highest BCUT2D eigenvalue weighted by molar-refractivity contribution is 7.10. The van der Waals surface area contributed by atoms with Crippen LogP contribution in [0.15, 0.2) is 17.5 Å². The van der Waals surface area contributed by atoms with E-state index in [0.717, 1.165) is 13.2 Å². The van der Waals surface area contributed by atoms with Crippen molar-refractivity contribution < 1.29 is 4.74 Å². The summed E-state index contributed by atoms with van der Waals surface area (Å²) in [7, 11) is 0. The van der Waals surface area contributed by atoms with Crippen LogP contribution in [0.5, 0.6) is 0 Å². The van der Waals surface area contributed by atoms with E-state index in [0.29, 0.717) is 12.1 Å². The standard InChI is InChI=1S/C11H17NOS/c1-9(11-5-3-7-14-11)12-8-10-4-2-6-13-10/h3,5,7,9-10,12H,2,4,6,8H2,1H3/t9-,10-/m1/s1.